The molecule has 0 saturated heterocycles. The van der Waals surface area contributed by atoms with Gasteiger partial charge in [0.1, 0.15) is 0 Å². The molecule has 4 heteroatoms. The van der Waals surface area contributed by atoms with Crippen molar-refractivity contribution >= 4 is 21.8 Å². The second-order valence-electron chi connectivity index (χ2n) is 4.07. The Kier molecular flexibility index (Phi) is 4.20. The number of nitrogens with one attached hydrogen (secondary N) is 1. The van der Waals surface area contributed by atoms with Crippen molar-refractivity contribution in [1.82, 2.24) is 5.32 Å². The predicted octanol–water partition coefficient (Wildman–Crippen LogP) is 3.41. The first-order valence-electron chi connectivity index (χ1n) is 5.67. The van der Waals surface area contributed by atoms with Gasteiger partial charge in [-0.15, -0.1) is 0 Å². The van der Waals surface area contributed by atoms with Gasteiger partial charge in [-0.25, -0.2) is 0 Å². The molecular formula is C14H14BrNO2. The van der Waals surface area contributed by atoms with E-state index in [1.54, 1.807) is 6.07 Å². The van der Waals surface area contributed by atoms with Gasteiger partial charge < -0.3 is 9.73 Å². The molecule has 0 atom stereocenters. The lowest BCUT2D eigenvalue weighted by atomic mass is 10.1. The minimum Gasteiger partial charge on any atom is -0.459 e. The number of amides is 1. The summed E-state index contributed by atoms with van der Waals surface area (Å²) in [7, 11) is 0. The number of alkyl halides is 1. The van der Waals surface area contributed by atoms with Gasteiger partial charge in [0.05, 0.1) is 6.26 Å². The maximum atomic E-state index is 11.8. The van der Waals surface area contributed by atoms with E-state index < -0.39 is 0 Å². The highest BCUT2D eigenvalue weighted by Crippen LogP contribution is 2.11. The lowest BCUT2D eigenvalue weighted by molar-refractivity contribution is 0.0922. The number of benzene rings is 1. The normalized spacial score (nSPS) is 10.3. The van der Waals surface area contributed by atoms with Crippen LogP contribution in [-0.4, -0.2) is 5.91 Å². The molecule has 1 aromatic heterocycles. The van der Waals surface area contributed by atoms with E-state index >= 15 is 0 Å². The Morgan fingerprint density at radius 2 is 2.11 bits per heavy atom. The maximum Gasteiger partial charge on any atom is 0.287 e. The first kappa shape index (κ1) is 12.9. The van der Waals surface area contributed by atoms with Gasteiger partial charge in [0.2, 0.25) is 0 Å². The van der Waals surface area contributed by atoms with Crippen LogP contribution in [0.5, 0.6) is 0 Å². The molecule has 0 aliphatic rings. The average Bonchev–Trinajstić information content (AvgIpc) is 2.82. The van der Waals surface area contributed by atoms with Crippen molar-refractivity contribution in [2.24, 2.45) is 0 Å². The van der Waals surface area contributed by atoms with Crippen molar-refractivity contribution in [2.75, 3.05) is 0 Å². The van der Waals surface area contributed by atoms with Gasteiger partial charge in [0.25, 0.3) is 5.91 Å². The van der Waals surface area contributed by atoms with Crippen molar-refractivity contribution in [1.29, 1.82) is 0 Å². The number of carbonyl (C=O) groups is 1. The lowest BCUT2D eigenvalue weighted by Crippen LogP contribution is -2.22. The van der Waals surface area contributed by atoms with E-state index in [9.17, 15) is 4.79 Å². The minimum absolute atomic E-state index is 0.179. The third-order valence-corrected chi connectivity index (χ3v) is 3.31. The summed E-state index contributed by atoms with van der Waals surface area (Å²) < 4.78 is 5.14. The Hall–Kier alpha value is -1.55. The monoisotopic (exact) mass is 307 g/mol. The van der Waals surface area contributed by atoms with Gasteiger partial charge in [-0.05, 0) is 24.1 Å². The molecule has 1 N–H and O–H groups in total. The van der Waals surface area contributed by atoms with Crippen LogP contribution in [0.3, 0.4) is 0 Å². The molecule has 0 radical (unpaired) electrons. The number of furan rings is 1. The lowest BCUT2D eigenvalue weighted by Gasteiger charge is -2.05. The highest BCUT2D eigenvalue weighted by atomic mass is 79.9. The van der Waals surface area contributed by atoms with Gasteiger partial charge in [-0.2, -0.15) is 0 Å². The molecule has 0 saturated carbocycles. The summed E-state index contributed by atoms with van der Waals surface area (Å²) >= 11 is 3.41. The molecule has 2 rings (SSSR count). The molecule has 0 aliphatic carbocycles. The molecule has 0 spiro atoms. The number of carbonyl (C=O) groups excluding carboxylic acids is 1. The maximum absolute atomic E-state index is 11.8. The largest absolute Gasteiger partial charge is 0.459 e. The van der Waals surface area contributed by atoms with E-state index in [-0.39, 0.29) is 5.91 Å². The van der Waals surface area contributed by atoms with E-state index in [4.69, 9.17) is 4.42 Å². The third-order valence-electron chi connectivity index (χ3n) is 2.67. The molecule has 0 fully saturated rings. The summed E-state index contributed by atoms with van der Waals surface area (Å²) in [6.07, 6.45) is 1.52. The van der Waals surface area contributed by atoms with Crippen molar-refractivity contribution in [3.05, 3.63) is 59.0 Å². The fourth-order valence-electron chi connectivity index (χ4n) is 1.69. The molecular weight excluding hydrogens is 294 g/mol. The van der Waals surface area contributed by atoms with Crippen LogP contribution in [0.1, 0.15) is 27.2 Å². The highest BCUT2D eigenvalue weighted by molar-refractivity contribution is 9.08. The van der Waals surface area contributed by atoms with Crippen molar-refractivity contribution in [3.63, 3.8) is 0 Å². The van der Waals surface area contributed by atoms with Crippen LogP contribution in [-0.2, 0) is 11.9 Å². The van der Waals surface area contributed by atoms with Crippen molar-refractivity contribution in [3.8, 4) is 0 Å². The van der Waals surface area contributed by atoms with E-state index in [0.717, 1.165) is 16.5 Å². The van der Waals surface area contributed by atoms with Crippen molar-refractivity contribution in [2.45, 2.75) is 18.8 Å². The van der Waals surface area contributed by atoms with Gasteiger partial charge in [0, 0.05) is 17.4 Å². The van der Waals surface area contributed by atoms with E-state index in [0.29, 0.717) is 12.3 Å². The SMILES string of the molecule is Cc1ccoc1C(=O)NCc1cccc(CBr)c1. The van der Waals surface area contributed by atoms with Gasteiger partial charge in [-0.1, -0.05) is 40.2 Å². The molecule has 18 heavy (non-hydrogen) atoms. The Labute approximate surface area is 114 Å². The Morgan fingerprint density at radius 1 is 1.33 bits per heavy atom. The molecule has 3 nitrogen and oxygen atoms in total. The summed E-state index contributed by atoms with van der Waals surface area (Å²) in [5.74, 6) is 0.202. The van der Waals surface area contributed by atoms with E-state index in [1.165, 1.54) is 11.8 Å². The number of hydrogen-bond acceptors (Lipinski definition) is 2. The second kappa shape index (κ2) is 5.87. The van der Waals surface area contributed by atoms with Gasteiger partial charge in [-0.3, -0.25) is 4.79 Å². The third kappa shape index (κ3) is 3.01. The van der Waals surface area contributed by atoms with Crippen LogP contribution >= 0.6 is 15.9 Å². The minimum atomic E-state index is -0.179. The predicted molar refractivity (Wildman–Crippen MR) is 73.7 cm³/mol. The quantitative estimate of drug-likeness (QED) is 0.880. The molecule has 0 unspecified atom stereocenters. The van der Waals surface area contributed by atoms with Crippen LogP contribution in [0.4, 0.5) is 0 Å². The summed E-state index contributed by atoms with van der Waals surface area (Å²) in [4.78, 5) is 11.8. The molecule has 2 aromatic rings. The molecule has 0 bridgehead atoms. The fourth-order valence-corrected chi connectivity index (χ4v) is 2.04. The number of rotatable bonds is 4. The van der Waals surface area contributed by atoms with Crippen LogP contribution in [0.15, 0.2) is 41.0 Å². The van der Waals surface area contributed by atoms with Gasteiger partial charge >= 0.3 is 0 Å². The zero-order chi connectivity index (χ0) is 13.0. The zero-order valence-corrected chi connectivity index (χ0v) is 11.7. The van der Waals surface area contributed by atoms with E-state index in [1.807, 2.05) is 25.1 Å². The molecule has 0 aliphatic heterocycles. The summed E-state index contributed by atoms with van der Waals surface area (Å²) in [6.45, 7) is 2.35. The first-order chi connectivity index (χ1) is 8.70. The van der Waals surface area contributed by atoms with E-state index in [2.05, 4.69) is 27.3 Å². The Bertz CT molecular complexity index is 548. The Morgan fingerprint density at radius 3 is 2.78 bits per heavy atom. The topological polar surface area (TPSA) is 42.2 Å². The smallest absolute Gasteiger partial charge is 0.287 e. The molecule has 1 heterocycles. The van der Waals surface area contributed by atoms with Gasteiger partial charge in [0.15, 0.2) is 5.76 Å². The fraction of sp³-hybridized carbons (Fsp3) is 0.214. The number of halogens is 1. The highest BCUT2D eigenvalue weighted by Gasteiger charge is 2.11. The zero-order valence-electron chi connectivity index (χ0n) is 10.1. The van der Waals surface area contributed by atoms with Crippen LogP contribution in [0.25, 0.3) is 0 Å². The summed E-state index contributed by atoms with van der Waals surface area (Å²) in [5, 5.41) is 3.66. The summed E-state index contributed by atoms with van der Waals surface area (Å²) in [6, 6.07) is 9.85. The standard InChI is InChI=1S/C14H14BrNO2/c1-10-5-6-18-13(10)14(17)16-9-12-4-2-3-11(7-12)8-15/h2-7H,8-9H2,1H3,(H,16,17). The first-order valence-corrected chi connectivity index (χ1v) is 6.79. The Balaban J connectivity index is 1.99. The number of hydrogen-bond donors (Lipinski definition) is 1. The molecule has 94 valence electrons. The van der Waals surface area contributed by atoms with Crippen molar-refractivity contribution < 1.29 is 9.21 Å². The van der Waals surface area contributed by atoms with Crippen LogP contribution in [0, 0.1) is 6.92 Å². The molecule has 1 amide bonds. The average molecular weight is 308 g/mol. The second-order valence-corrected chi connectivity index (χ2v) is 4.63. The van der Waals surface area contributed by atoms with Crippen LogP contribution in [0.2, 0.25) is 0 Å². The molecule has 1 aromatic carbocycles. The van der Waals surface area contributed by atoms with Crippen LogP contribution < -0.4 is 5.32 Å². The number of aryl methyl sites for hydroxylation is 1. The summed E-state index contributed by atoms with van der Waals surface area (Å²) in [5.41, 5.74) is 3.11.